The Kier molecular flexibility index (Phi) is 15.3. The molecule has 0 rings (SSSR count). The molecule has 0 bridgehead atoms. The summed E-state index contributed by atoms with van der Waals surface area (Å²) in [4.78, 5) is 52.2. The van der Waals surface area contributed by atoms with Gasteiger partial charge in [-0.25, -0.2) is 4.79 Å². The summed E-state index contributed by atoms with van der Waals surface area (Å²) in [5.74, 6) is -3.11. The number of aliphatic carboxylic acids is 1. The predicted octanol–water partition coefficient (Wildman–Crippen LogP) is -3.42. The third-order valence-electron chi connectivity index (χ3n) is 4.16. The van der Waals surface area contributed by atoms with Crippen molar-refractivity contribution in [3.63, 3.8) is 0 Å². The maximum Gasteiger partial charge on any atom is 0.328 e. The molecule has 15 heteroatoms. The Bertz CT molecular complexity index is 663. The number of aliphatic imine (C=N–C) groups is 1. The molecule has 32 heavy (non-hydrogen) atoms. The fraction of sp³-hybridized carbons (Fsp3) is 0.706. The second kappa shape index (κ2) is 16.4. The Balaban J connectivity index is 5.23. The zero-order valence-electron chi connectivity index (χ0n) is 17.8. The van der Waals surface area contributed by atoms with Gasteiger partial charge in [0.15, 0.2) is 5.96 Å². The number of carboxylic acid groups (broad SMARTS) is 1. The minimum absolute atomic E-state index is 0.113. The van der Waals surface area contributed by atoms with E-state index in [0.717, 1.165) is 0 Å². The number of carbonyl (C=O) groups excluding carboxylic acids is 3. The van der Waals surface area contributed by atoms with Gasteiger partial charge in [-0.1, -0.05) is 0 Å². The summed E-state index contributed by atoms with van der Waals surface area (Å²) < 4.78 is 0. The maximum absolute atomic E-state index is 12.8. The average Bonchev–Trinajstić information content (AvgIpc) is 2.74. The van der Waals surface area contributed by atoms with Crippen LogP contribution in [0.1, 0.15) is 19.3 Å². The van der Waals surface area contributed by atoms with E-state index in [4.69, 9.17) is 27.4 Å². The number of guanidine groups is 1. The lowest BCUT2D eigenvalue weighted by Gasteiger charge is -2.24. The molecular weight excluding hydrogens is 462 g/mol. The molecule has 4 unspecified atom stereocenters. The van der Waals surface area contributed by atoms with Gasteiger partial charge in [-0.2, -0.15) is 24.4 Å². The minimum Gasteiger partial charge on any atom is -0.480 e. The third kappa shape index (κ3) is 12.0. The molecule has 0 heterocycles. The van der Waals surface area contributed by atoms with Crippen LogP contribution < -0.4 is 33.2 Å². The van der Waals surface area contributed by atoms with Gasteiger partial charge in [0.05, 0.1) is 12.6 Å². The zero-order chi connectivity index (χ0) is 24.7. The molecule has 0 saturated heterocycles. The smallest absolute Gasteiger partial charge is 0.328 e. The van der Waals surface area contributed by atoms with Gasteiger partial charge in [0.2, 0.25) is 17.7 Å². The zero-order valence-corrected chi connectivity index (χ0v) is 19.5. The number of thioether (sulfide) groups is 1. The van der Waals surface area contributed by atoms with Crippen molar-refractivity contribution in [3.05, 3.63) is 0 Å². The van der Waals surface area contributed by atoms with Crippen molar-refractivity contribution in [2.75, 3.05) is 30.9 Å². The lowest BCUT2D eigenvalue weighted by Crippen LogP contribution is -2.58. The van der Waals surface area contributed by atoms with Crippen molar-refractivity contribution in [2.24, 2.45) is 22.2 Å². The van der Waals surface area contributed by atoms with E-state index in [1.54, 1.807) is 0 Å². The van der Waals surface area contributed by atoms with E-state index in [9.17, 15) is 19.2 Å². The van der Waals surface area contributed by atoms with Gasteiger partial charge in [-0.15, -0.1) is 0 Å². The van der Waals surface area contributed by atoms with Crippen LogP contribution in [0, 0.1) is 0 Å². The number of aliphatic hydroxyl groups is 1. The molecule has 0 aliphatic heterocycles. The molecule has 4 atom stereocenters. The molecule has 0 radical (unpaired) electrons. The van der Waals surface area contributed by atoms with E-state index >= 15 is 0 Å². The number of hydrogen-bond donors (Lipinski definition) is 9. The number of carbonyl (C=O) groups is 4. The van der Waals surface area contributed by atoms with Crippen molar-refractivity contribution in [1.29, 1.82) is 0 Å². The first kappa shape index (κ1) is 29.8. The minimum atomic E-state index is -1.54. The van der Waals surface area contributed by atoms with Gasteiger partial charge < -0.3 is 43.4 Å². The molecule has 11 N–H and O–H groups in total. The highest BCUT2D eigenvalue weighted by atomic mass is 32.2. The molecule has 0 saturated carbocycles. The molecule has 13 nitrogen and oxygen atoms in total. The van der Waals surface area contributed by atoms with Crippen molar-refractivity contribution in [1.82, 2.24) is 16.0 Å². The van der Waals surface area contributed by atoms with Gasteiger partial charge in [-0.05, 0) is 31.3 Å². The standard InChI is InChI=1S/C17H33N7O6S2/c1-32-6-4-9(18)13(26)22-10(3-2-5-21-17(19)20)14(27)24-12(8-31)15(28)23-11(7-25)16(29)30/h9-12,25,31H,2-8,18H2,1H3,(H,22,26)(H,23,28)(H,24,27)(H,29,30)(H4,19,20,21). The second-order valence-electron chi connectivity index (χ2n) is 6.72. The fourth-order valence-electron chi connectivity index (χ4n) is 2.35. The van der Waals surface area contributed by atoms with E-state index in [2.05, 4.69) is 33.6 Å². The Labute approximate surface area is 196 Å². The van der Waals surface area contributed by atoms with Crippen LogP contribution in [-0.2, 0) is 19.2 Å². The molecule has 0 aromatic carbocycles. The van der Waals surface area contributed by atoms with Crippen molar-refractivity contribution in [3.8, 4) is 0 Å². The Morgan fingerprint density at radius 1 is 1.00 bits per heavy atom. The predicted molar refractivity (Wildman–Crippen MR) is 125 cm³/mol. The van der Waals surface area contributed by atoms with E-state index in [1.807, 2.05) is 6.26 Å². The highest BCUT2D eigenvalue weighted by Gasteiger charge is 2.29. The number of hydrogen-bond acceptors (Lipinski definition) is 9. The normalized spacial score (nSPS) is 14.4. The molecule has 0 fully saturated rings. The quantitative estimate of drug-likeness (QED) is 0.0445. The Hall–Kier alpha value is -2.23. The number of carboxylic acids is 1. The number of thiol groups is 1. The molecule has 0 aliphatic carbocycles. The van der Waals surface area contributed by atoms with Gasteiger partial charge in [-0.3, -0.25) is 19.4 Å². The Morgan fingerprint density at radius 3 is 2.06 bits per heavy atom. The van der Waals surface area contributed by atoms with E-state index in [-0.39, 0.29) is 24.7 Å². The first-order valence-electron chi connectivity index (χ1n) is 9.72. The number of rotatable bonds is 16. The second-order valence-corrected chi connectivity index (χ2v) is 8.07. The van der Waals surface area contributed by atoms with Crippen LogP contribution in [-0.4, -0.2) is 94.9 Å². The molecular formula is C17H33N7O6S2. The molecule has 0 aromatic heterocycles. The number of amides is 3. The average molecular weight is 496 g/mol. The van der Waals surface area contributed by atoms with Crippen LogP contribution in [0.25, 0.3) is 0 Å². The van der Waals surface area contributed by atoms with Crippen LogP contribution in [0.2, 0.25) is 0 Å². The fourth-order valence-corrected chi connectivity index (χ4v) is 3.10. The maximum atomic E-state index is 12.8. The summed E-state index contributed by atoms with van der Waals surface area (Å²) in [6.07, 6.45) is 2.78. The molecule has 0 spiro atoms. The first-order chi connectivity index (χ1) is 15.1. The summed E-state index contributed by atoms with van der Waals surface area (Å²) in [7, 11) is 0. The molecule has 0 aliphatic rings. The van der Waals surface area contributed by atoms with E-state index in [1.165, 1.54) is 11.8 Å². The van der Waals surface area contributed by atoms with Crippen molar-refractivity contribution in [2.45, 2.75) is 43.4 Å². The van der Waals surface area contributed by atoms with Crippen LogP contribution in [0.15, 0.2) is 4.99 Å². The van der Waals surface area contributed by atoms with E-state index < -0.39 is 54.5 Å². The van der Waals surface area contributed by atoms with Gasteiger partial charge in [0, 0.05) is 12.3 Å². The number of nitrogens with two attached hydrogens (primary N) is 3. The summed E-state index contributed by atoms with van der Waals surface area (Å²) >= 11 is 5.54. The SMILES string of the molecule is CSCCC(N)C(=O)NC(CCCN=C(N)N)C(=O)NC(CS)C(=O)NC(CO)C(=O)O. The topological polar surface area (TPSA) is 235 Å². The summed E-state index contributed by atoms with van der Waals surface area (Å²) in [6, 6.07) is -4.60. The van der Waals surface area contributed by atoms with E-state index in [0.29, 0.717) is 18.6 Å². The van der Waals surface area contributed by atoms with Crippen LogP contribution in [0.5, 0.6) is 0 Å². The van der Waals surface area contributed by atoms with Crippen molar-refractivity contribution < 1.29 is 29.4 Å². The van der Waals surface area contributed by atoms with Gasteiger partial charge in [0.25, 0.3) is 0 Å². The Morgan fingerprint density at radius 2 is 1.56 bits per heavy atom. The number of nitrogens with one attached hydrogen (secondary N) is 3. The van der Waals surface area contributed by atoms with Gasteiger partial charge >= 0.3 is 5.97 Å². The monoisotopic (exact) mass is 495 g/mol. The molecule has 3 amide bonds. The molecule has 184 valence electrons. The summed E-state index contributed by atoms with van der Waals surface area (Å²) in [6.45, 7) is -0.612. The highest BCUT2D eigenvalue weighted by molar-refractivity contribution is 7.98. The number of aliphatic hydroxyl groups excluding tert-OH is 1. The first-order valence-corrected chi connectivity index (χ1v) is 11.8. The number of nitrogens with zero attached hydrogens (tertiary/aromatic N) is 1. The lowest BCUT2D eigenvalue weighted by atomic mass is 10.1. The summed E-state index contributed by atoms with van der Waals surface area (Å²) in [5, 5.41) is 25.1. The third-order valence-corrected chi connectivity index (χ3v) is 5.17. The summed E-state index contributed by atoms with van der Waals surface area (Å²) in [5.41, 5.74) is 16.4. The van der Waals surface area contributed by atoms with Crippen LogP contribution in [0.4, 0.5) is 0 Å². The molecule has 0 aromatic rings. The van der Waals surface area contributed by atoms with Crippen molar-refractivity contribution >= 4 is 54.0 Å². The van der Waals surface area contributed by atoms with Gasteiger partial charge in [0.1, 0.15) is 18.1 Å². The highest BCUT2D eigenvalue weighted by Crippen LogP contribution is 2.04. The lowest BCUT2D eigenvalue weighted by molar-refractivity contribution is -0.143. The largest absolute Gasteiger partial charge is 0.480 e. The van der Waals surface area contributed by atoms with Crippen LogP contribution in [0.3, 0.4) is 0 Å². The van der Waals surface area contributed by atoms with Crippen LogP contribution >= 0.6 is 24.4 Å².